The average Bonchev–Trinajstić information content (AvgIpc) is 2.82. The topological polar surface area (TPSA) is 38.9 Å². The highest BCUT2D eigenvalue weighted by Gasteiger charge is 2.29. The van der Waals surface area contributed by atoms with Crippen LogP contribution in [0.1, 0.15) is 62.4 Å². The Kier molecular flexibility index (Phi) is 3.35. The van der Waals surface area contributed by atoms with E-state index in [1.54, 1.807) is 0 Å². The molecule has 0 bridgehead atoms. The Bertz CT molecular complexity index is 579. The number of nitrogens with zero attached hydrogens (tertiary/aromatic N) is 1. The fourth-order valence-corrected chi connectivity index (χ4v) is 3.92. The monoisotopic (exact) mass is 274 g/mol. The van der Waals surface area contributed by atoms with Crippen LogP contribution in [0.5, 0.6) is 0 Å². The van der Waals surface area contributed by atoms with Crippen molar-refractivity contribution in [1.82, 2.24) is 4.98 Å². The minimum atomic E-state index is -0.117. The number of benzene rings is 1. The van der Waals surface area contributed by atoms with Crippen LogP contribution in [0, 0.1) is 0 Å². The highest BCUT2D eigenvalue weighted by molar-refractivity contribution is 7.18. The van der Waals surface area contributed by atoms with Crippen LogP contribution in [0.3, 0.4) is 0 Å². The molecule has 19 heavy (non-hydrogen) atoms. The number of hydrogen-bond donors (Lipinski definition) is 1. The Labute approximate surface area is 119 Å². The zero-order valence-corrected chi connectivity index (χ0v) is 12.6. The van der Waals surface area contributed by atoms with E-state index >= 15 is 0 Å². The summed E-state index contributed by atoms with van der Waals surface area (Å²) in [6, 6.07) is 6.65. The van der Waals surface area contributed by atoms with Crippen molar-refractivity contribution in [2.75, 3.05) is 0 Å². The van der Waals surface area contributed by atoms with Crippen LogP contribution < -0.4 is 5.73 Å². The molecule has 1 aliphatic rings. The van der Waals surface area contributed by atoms with Crippen LogP contribution in [-0.2, 0) is 5.54 Å². The van der Waals surface area contributed by atoms with Crippen molar-refractivity contribution in [3.63, 3.8) is 0 Å². The molecule has 0 amide bonds. The number of rotatable bonds is 2. The lowest BCUT2D eigenvalue weighted by Crippen LogP contribution is -2.38. The second kappa shape index (κ2) is 4.88. The van der Waals surface area contributed by atoms with Gasteiger partial charge in [0, 0.05) is 11.5 Å². The molecule has 2 N–H and O–H groups in total. The maximum absolute atomic E-state index is 6.61. The van der Waals surface area contributed by atoms with Gasteiger partial charge >= 0.3 is 0 Å². The lowest BCUT2D eigenvalue weighted by Gasteiger charge is -2.33. The molecule has 0 aliphatic heterocycles. The molecule has 2 nitrogen and oxygen atoms in total. The van der Waals surface area contributed by atoms with Crippen LogP contribution in [0.25, 0.3) is 10.2 Å². The second-order valence-electron chi connectivity index (χ2n) is 6.11. The van der Waals surface area contributed by atoms with Gasteiger partial charge in [0.05, 0.1) is 15.2 Å². The van der Waals surface area contributed by atoms with E-state index in [0.29, 0.717) is 5.92 Å². The fourth-order valence-electron chi connectivity index (χ4n) is 2.97. The lowest BCUT2D eigenvalue weighted by molar-refractivity contribution is 0.302. The minimum absolute atomic E-state index is 0.117. The van der Waals surface area contributed by atoms with Gasteiger partial charge in [0.25, 0.3) is 0 Å². The largest absolute Gasteiger partial charge is 0.321 e. The molecule has 1 fully saturated rings. The molecule has 102 valence electrons. The first-order valence-electron chi connectivity index (χ1n) is 7.28. The van der Waals surface area contributed by atoms with E-state index in [1.807, 2.05) is 11.3 Å². The Morgan fingerprint density at radius 3 is 2.63 bits per heavy atom. The van der Waals surface area contributed by atoms with Crippen molar-refractivity contribution >= 4 is 21.6 Å². The first kappa shape index (κ1) is 13.1. The molecule has 1 aliphatic carbocycles. The molecule has 1 heterocycles. The predicted octanol–water partition coefficient (Wildman–Crippen LogP) is 4.54. The summed E-state index contributed by atoms with van der Waals surface area (Å²) in [6.07, 6.45) is 6.06. The standard InChI is InChI=1S/C16H22N2S/c1-11(2)15-18-13-10-12(6-7-14(13)19-15)16(17)8-4-3-5-9-16/h6-7,10-11H,3-5,8-9,17H2,1-2H3. The fraction of sp³-hybridized carbons (Fsp3) is 0.562. The maximum atomic E-state index is 6.61. The van der Waals surface area contributed by atoms with Gasteiger partial charge in [-0.15, -0.1) is 11.3 Å². The summed E-state index contributed by atoms with van der Waals surface area (Å²) in [4.78, 5) is 4.76. The van der Waals surface area contributed by atoms with Gasteiger partial charge in [-0.05, 0) is 30.5 Å². The quantitative estimate of drug-likeness (QED) is 0.873. The Balaban J connectivity index is 2.01. The zero-order valence-electron chi connectivity index (χ0n) is 11.8. The number of fused-ring (bicyclic) bond motifs is 1. The van der Waals surface area contributed by atoms with Gasteiger partial charge in [-0.1, -0.05) is 39.2 Å². The van der Waals surface area contributed by atoms with Crippen molar-refractivity contribution in [2.45, 2.75) is 57.4 Å². The lowest BCUT2D eigenvalue weighted by atomic mass is 9.77. The van der Waals surface area contributed by atoms with Gasteiger partial charge in [0.2, 0.25) is 0 Å². The molecule has 1 aromatic heterocycles. The summed E-state index contributed by atoms with van der Waals surface area (Å²) >= 11 is 1.81. The first-order chi connectivity index (χ1) is 9.08. The maximum Gasteiger partial charge on any atom is 0.0963 e. The van der Waals surface area contributed by atoms with Gasteiger partial charge in [-0.3, -0.25) is 0 Å². The second-order valence-corrected chi connectivity index (χ2v) is 7.17. The van der Waals surface area contributed by atoms with E-state index in [4.69, 9.17) is 10.7 Å². The van der Waals surface area contributed by atoms with Gasteiger partial charge in [-0.25, -0.2) is 4.98 Å². The van der Waals surface area contributed by atoms with E-state index < -0.39 is 0 Å². The number of nitrogens with two attached hydrogens (primary N) is 1. The summed E-state index contributed by atoms with van der Waals surface area (Å²) in [5.74, 6) is 0.502. The predicted molar refractivity (Wildman–Crippen MR) is 82.7 cm³/mol. The van der Waals surface area contributed by atoms with Crippen molar-refractivity contribution in [3.05, 3.63) is 28.8 Å². The normalized spacial score (nSPS) is 19.2. The summed E-state index contributed by atoms with van der Waals surface area (Å²) in [5.41, 5.74) is 8.90. The van der Waals surface area contributed by atoms with E-state index in [-0.39, 0.29) is 5.54 Å². The minimum Gasteiger partial charge on any atom is -0.321 e. The van der Waals surface area contributed by atoms with Crippen LogP contribution in [-0.4, -0.2) is 4.98 Å². The summed E-state index contributed by atoms with van der Waals surface area (Å²) < 4.78 is 1.28. The Hall–Kier alpha value is -0.930. The third-order valence-electron chi connectivity index (χ3n) is 4.22. The molecule has 0 unspecified atom stereocenters. The van der Waals surface area contributed by atoms with Crippen molar-refractivity contribution in [3.8, 4) is 0 Å². The number of hydrogen-bond acceptors (Lipinski definition) is 3. The molecular weight excluding hydrogens is 252 g/mol. The summed E-state index contributed by atoms with van der Waals surface area (Å²) in [5, 5.41) is 1.22. The van der Waals surface area contributed by atoms with Crippen LogP contribution in [0.2, 0.25) is 0 Å². The van der Waals surface area contributed by atoms with Gasteiger partial charge in [-0.2, -0.15) is 0 Å². The van der Waals surface area contributed by atoms with E-state index in [9.17, 15) is 0 Å². The van der Waals surface area contributed by atoms with Crippen molar-refractivity contribution in [1.29, 1.82) is 0 Å². The molecule has 0 atom stereocenters. The highest BCUT2D eigenvalue weighted by atomic mass is 32.1. The van der Waals surface area contributed by atoms with E-state index in [0.717, 1.165) is 18.4 Å². The molecule has 2 aromatic rings. The van der Waals surface area contributed by atoms with Crippen LogP contribution in [0.15, 0.2) is 18.2 Å². The highest BCUT2D eigenvalue weighted by Crippen LogP contribution is 2.37. The van der Waals surface area contributed by atoms with Crippen LogP contribution in [0.4, 0.5) is 0 Å². The first-order valence-corrected chi connectivity index (χ1v) is 8.10. The molecule has 0 spiro atoms. The Morgan fingerprint density at radius 1 is 1.21 bits per heavy atom. The third-order valence-corrected chi connectivity index (χ3v) is 5.56. The Morgan fingerprint density at radius 2 is 1.95 bits per heavy atom. The van der Waals surface area contributed by atoms with Gasteiger partial charge < -0.3 is 5.73 Å². The molecular formula is C16H22N2S. The smallest absolute Gasteiger partial charge is 0.0963 e. The molecule has 3 heteroatoms. The molecule has 1 saturated carbocycles. The van der Waals surface area contributed by atoms with E-state index in [1.165, 1.54) is 34.5 Å². The summed E-state index contributed by atoms with van der Waals surface area (Å²) in [6.45, 7) is 4.40. The van der Waals surface area contributed by atoms with Gasteiger partial charge in [0.15, 0.2) is 0 Å². The van der Waals surface area contributed by atoms with Crippen molar-refractivity contribution < 1.29 is 0 Å². The SMILES string of the molecule is CC(C)c1nc2cc(C3(N)CCCCC3)ccc2s1. The summed E-state index contributed by atoms with van der Waals surface area (Å²) in [7, 11) is 0. The molecule has 3 rings (SSSR count). The number of aromatic nitrogens is 1. The molecule has 0 saturated heterocycles. The third kappa shape index (κ3) is 2.41. The van der Waals surface area contributed by atoms with Crippen molar-refractivity contribution in [2.24, 2.45) is 5.73 Å². The zero-order chi connectivity index (χ0) is 13.5. The van der Waals surface area contributed by atoms with Gasteiger partial charge in [0.1, 0.15) is 0 Å². The van der Waals surface area contributed by atoms with E-state index in [2.05, 4.69) is 32.0 Å². The number of thiazole rings is 1. The average molecular weight is 274 g/mol. The molecule has 0 radical (unpaired) electrons. The molecule has 1 aromatic carbocycles. The van der Waals surface area contributed by atoms with Crippen LogP contribution >= 0.6 is 11.3 Å².